The molecule has 15 heavy (non-hydrogen) atoms. The number of amides is 1. The lowest BCUT2D eigenvalue weighted by atomic mass is 10.3. The van der Waals surface area contributed by atoms with Crippen LogP contribution in [0.2, 0.25) is 0 Å². The number of hydrogen-bond donors (Lipinski definition) is 2. The molecule has 0 rings (SSSR count). The van der Waals surface area contributed by atoms with Crippen LogP contribution in [0.4, 0.5) is 0 Å². The van der Waals surface area contributed by atoms with Crippen molar-refractivity contribution in [3.63, 3.8) is 0 Å². The van der Waals surface area contributed by atoms with E-state index in [4.69, 9.17) is 0 Å². The molecule has 0 aliphatic heterocycles. The van der Waals surface area contributed by atoms with Gasteiger partial charge < -0.3 is 15.4 Å². The van der Waals surface area contributed by atoms with Gasteiger partial charge in [0, 0.05) is 19.7 Å². The third-order valence-electron chi connectivity index (χ3n) is 1.72. The van der Waals surface area contributed by atoms with Crippen molar-refractivity contribution in [2.45, 2.75) is 19.9 Å². The molecule has 0 saturated carbocycles. The first-order chi connectivity index (χ1) is 7.11. The molecule has 5 heteroatoms. The van der Waals surface area contributed by atoms with Crippen LogP contribution in [0.15, 0.2) is 12.2 Å². The summed E-state index contributed by atoms with van der Waals surface area (Å²) >= 11 is 0. The van der Waals surface area contributed by atoms with Gasteiger partial charge in [0.15, 0.2) is 0 Å². The molecule has 0 aliphatic carbocycles. The highest BCUT2D eigenvalue weighted by Crippen LogP contribution is 1.83. The number of esters is 1. The molecule has 86 valence electrons. The monoisotopic (exact) mass is 214 g/mol. The minimum Gasteiger partial charge on any atom is -0.463 e. The van der Waals surface area contributed by atoms with Gasteiger partial charge in [-0.15, -0.1) is 0 Å². The smallest absolute Gasteiger partial charge is 0.330 e. The zero-order chi connectivity index (χ0) is 11.7. The fourth-order valence-corrected chi connectivity index (χ4v) is 0.900. The molecule has 0 aromatic carbocycles. The molecule has 0 aromatic rings. The summed E-state index contributed by atoms with van der Waals surface area (Å²) in [6, 6.07) is -0.276. The molecular weight excluding hydrogens is 196 g/mol. The lowest BCUT2D eigenvalue weighted by Crippen LogP contribution is -2.40. The fourth-order valence-electron chi connectivity index (χ4n) is 0.900. The Bertz CT molecular complexity index is 239. The van der Waals surface area contributed by atoms with Crippen LogP contribution in [0.1, 0.15) is 13.8 Å². The average molecular weight is 214 g/mol. The van der Waals surface area contributed by atoms with Crippen LogP contribution in [0.5, 0.6) is 0 Å². The van der Waals surface area contributed by atoms with Gasteiger partial charge in [-0.05, 0) is 13.8 Å². The molecule has 0 fully saturated rings. The predicted octanol–water partition coefficient (Wildman–Crippen LogP) is -0.170. The Morgan fingerprint density at radius 3 is 2.67 bits per heavy atom. The maximum Gasteiger partial charge on any atom is 0.330 e. The van der Waals surface area contributed by atoms with Crippen LogP contribution in [0, 0.1) is 0 Å². The fraction of sp³-hybridized carbons (Fsp3) is 0.600. The zero-order valence-corrected chi connectivity index (χ0v) is 9.37. The van der Waals surface area contributed by atoms with Crippen molar-refractivity contribution >= 4 is 11.9 Å². The van der Waals surface area contributed by atoms with Crippen LogP contribution in [0.3, 0.4) is 0 Å². The normalized spacial score (nSPS) is 12.5. The van der Waals surface area contributed by atoms with E-state index in [2.05, 4.69) is 15.4 Å². The second-order valence-corrected chi connectivity index (χ2v) is 2.90. The van der Waals surface area contributed by atoms with E-state index in [0.29, 0.717) is 13.2 Å². The summed E-state index contributed by atoms with van der Waals surface area (Å²) in [7, 11) is 1.58. The quantitative estimate of drug-likeness (QED) is 0.476. The van der Waals surface area contributed by atoms with Gasteiger partial charge in [-0.25, -0.2) is 4.79 Å². The number of carbonyl (C=O) groups excluding carboxylic acids is 2. The molecule has 0 aliphatic rings. The first-order valence-electron chi connectivity index (χ1n) is 4.90. The van der Waals surface area contributed by atoms with E-state index in [1.165, 1.54) is 6.08 Å². The highest BCUT2D eigenvalue weighted by Gasteiger charge is 2.07. The Labute approximate surface area is 89.9 Å². The summed E-state index contributed by atoms with van der Waals surface area (Å²) in [6.45, 7) is 4.31. The SMILES string of the molecule is CCOC(=O)/C=C/CNC(C)C(=O)NC. The van der Waals surface area contributed by atoms with Crippen molar-refractivity contribution in [3.8, 4) is 0 Å². The first kappa shape index (κ1) is 13.6. The topological polar surface area (TPSA) is 67.4 Å². The van der Waals surface area contributed by atoms with Crippen LogP contribution < -0.4 is 10.6 Å². The molecule has 0 heterocycles. The van der Waals surface area contributed by atoms with E-state index < -0.39 is 0 Å². The summed E-state index contributed by atoms with van der Waals surface area (Å²) in [5.41, 5.74) is 0. The number of likely N-dealkylation sites (N-methyl/N-ethyl adjacent to an activating group) is 1. The van der Waals surface area contributed by atoms with Crippen LogP contribution in [0.25, 0.3) is 0 Å². The molecule has 1 amide bonds. The summed E-state index contributed by atoms with van der Waals surface area (Å²) in [5, 5.41) is 5.44. The van der Waals surface area contributed by atoms with Gasteiger partial charge in [0.25, 0.3) is 0 Å². The third-order valence-corrected chi connectivity index (χ3v) is 1.72. The van der Waals surface area contributed by atoms with Gasteiger partial charge >= 0.3 is 5.97 Å². The highest BCUT2D eigenvalue weighted by atomic mass is 16.5. The number of carbonyl (C=O) groups is 2. The molecule has 5 nitrogen and oxygen atoms in total. The van der Waals surface area contributed by atoms with E-state index in [1.807, 2.05) is 0 Å². The third kappa shape index (κ3) is 6.68. The molecule has 1 unspecified atom stereocenters. The van der Waals surface area contributed by atoms with E-state index >= 15 is 0 Å². The molecule has 0 aromatic heterocycles. The Morgan fingerprint density at radius 2 is 2.13 bits per heavy atom. The second kappa shape index (κ2) is 7.99. The second-order valence-electron chi connectivity index (χ2n) is 2.90. The summed E-state index contributed by atoms with van der Waals surface area (Å²) in [4.78, 5) is 21.9. The van der Waals surface area contributed by atoms with Crippen molar-refractivity contribution in [1.82, 2.24) is 10.6 Å². The van der Waals surface area contributed by atoms with E-state index in [1.54, 1.807) is 27.0 Å². The number of ether oxygens (including phenoxy) is 1. The number of nitrogens with one attached hydrogen (secondary N) is 2. The van der Waals surface area contributed by atoms with E-state index in [9.17, 15) is 9.59 Å². The molecule has 0 saturated heterocycles. The maximum absolute atomic E-state index is 11.1. The first-order valence-corrected chi connectivity index (χ1v) is 4.90. The summed E-state index contributed by atoms with van der Waals surface area (Å²) in [6.07, 6.45) is 2.96. The zero-order valence-electron chi connectivity index (χ0n) is 9.37. The Morgan fingerprint density at radius 1 is 1.47 bits per heavy atom. The lowest BCUT2D eigenvalue weighted by molar-refractivity contribution is -0.137. The van der Waals surface area contributed by atoms with Gasteiger partial charge in [-0.3, -0.25) is 4.79 Å². The molecule has 0 radical (unpaired) electrons. The van der Waals surface area contributed by atoms with Gasteiger partial charge in [-0.1, -0.05) is 6.08 Å². The Balaban J connectivity index is 3.69. The Kier molecular flexibility index (Phi) is 7.27. The predicted molar refractivity (Wildman–Crippen MR) is 57.3 cm³/mol. The van der Waals surface area contributed by atoms with Gasteiger partial charge in [0.2, 0.25) is 5.91 Å². The van der Waals surface area contributed by atoms with Crippen LogP contribution in [-0.4, -0.2) is 38.1 Å². The largest absolute Gasteiger partial charge is 0.463 e. The van der Waals surface area contributed by atoms with Crippen LogP contribution >= 0.6 is 0 Å². The van der Waals surface area contributed by atoms with Gasteiger partial charge in [0.05, 0.1) is 12.6 Å². The van der Waals surface area contributed by atoms with Crippen molar-refractivity contribution < 1.29 is 14.3 Å². The van der Waals surface area contributed by atoms with Crippen molar-refractivity contribution in [2.75, 3.05) is 20.2 Å². The highest BCUT2D eigenvalue weighted by molar-refractivity contribution is 5.82. The molecule has 1 atom stereocenters. The van der Waals surface area contributed by atoms with Crippen LogP contribution in [-0.2, 0) is 14.3 Å². The molecule has 2 N–H and O–H groups in total. The van der Waals surface area contributed by atoms with Crippen molar-refractivity contribution in [3.05, 3.63) is 12.2 Å². The number of rotatable bonds is 6. The summed E-state index contributed by atoms with van der Waals surface area (Å²) in [5.74, 6) is -0.452. The minimum atomic E-state index is -0.369. The standard InChI is InChI=1S/C10H18N2O3/c1-4-15-9(13)6-5-7-12-8(2)10(14)11-3/h5-6,8,12H,4,7H2,1-3H3,(H,11,14)/b6-5+. The van der Waals surface area contributed by atoms with Crippen molar-refractivity contribution in [2.24, 2.45) is 0 Å². The van der Waals surface area contributed by atoms with E-state index in [-0.39, 0.29) is 17.9 Å². The van der Waals surface area contributed by atoms with Gasteiger partial charge in [0.1, 0.15) is 0 Å². The maximum atomic E-state index is 11.1. The Hall–Kier alpha value is -1.36. The van der Waals surface area contributed by atoms with Crippen molar-refractivity contribution in [1.29, 1.82) is 0 Å². The van der Waals surface area contributed by atoms with E-state index in [0.717, 1.165) is 0 Å². The lowest BCUT2D eigenvalue weighted by Gasteiger charge is -2.09. The molecule has 0 bridgehead atoms. The van der Waals surface area contributed by atoms with Gasteiger partial charge in [-0.2, -0.15) is 0 Å². The summed E-state index contributed by atoms with van der Waals surface area (Å²) < 4.78 is 4.68. The molecular formula is C10H18N2O3. The number of hydrogen-bond acceptors (Lipinski definition) is 4. The average Bonchev–Trinajstić information content (AvgIpc) is 2.23. The molecule has 0 spiro atoms. The minimum absolute atomic E-state index is 0.0838.